The number of benzene rings is 2. The minimum absolute atomic E-state index is 0.0916. The van der Waals surface area contributed by atoms with Crippen molar-refractivity contribution in [2.24, 2.45) is 21.7 Å². The number of H-pyrrole nitrogens is 1. The number of nitrogens with two attached hydrogens (primary N) is 2. The molecule has 0 radical (unpaired) electrons. The fourth-order valence-corrected chi connectivity index (χ4v) is 2.64. The molecule has 6 N–H and O–H groups in total. The Balaban J connectivity index is 2.14. The lowest BCUT2D eigenvalue weighted by molar-refractivity contribution is -0.385. The number of guanidine groups is 1. The lowest BCUT2D eigenvalue weighted by atomic mass is 10.0. The van der Waals surface area contributed by atoms with Crippen LogP contribution in [0.5, 0.6) is 0 Å². The topological polar surface area (TPSA) is 229 Å². The Kier molecular flexibility index (Phi) is 5.65. The van der Waals surface area contributed by atoms with Crippen LogP contribution in [0.4, 0.5) is 11.4 Å². The highest BCUT2D eigenvalue weighted by Gasteiger charge is 2.23. The molecule has 0 unspecified atom stereocenters. The van der Waals surface area contributed by atoms with Crippen molar-refractivity contribution in [2.75, 3.05) is 0 Å². The molecule has 0 fully saturated rings. The number of non-ortho nitro benzene ring substituents is 2. The Bertz CT molecular complexity index is 1290. The number of hydrogen-bond donors (Lipinski definition) is 4. The molecular weight excluding hydrogens is 412 g/mol. The van der Waals surface area contributed by atoms with Crippen LogP contribution in [-0.4, -0.2) is 36.6 Å². The van der Waals surface area contributed by atoms with Crippen LogP contribution in [0.2, 0.25) is 0 Å². The minimum atomic E-state index is -1.58. The molecule has 31 heavy (non-hydrogen) atoms. The quantitative estimate of drug-likeness (QED) is 0.185. The molecule has 14 nitrogen and oxygen atoms in total. The van der Waals surface area contributed by atoms with E-state index in [1.807, 2.05) is 0 Å². The number of nitro groups is 2. The van der Waals surface area contributed by atoms with Gasteiger partial charge in [-0.2, -0.15) is 0 Å². The first-order valence-electron chi connectivity index (χ1n) is 8.45. The molecule has 0 saturated carbocycles. The third-order valence-electron chi connectivity index (χ3n) is 4.08. The number of nitro benzene ring substituents is 2. The van der Waals surface area contributed by atoms with E-state index in [1.54, 1.807) is 0 Å². The Labute approximate surface area is 171 Å². The van der Waals surface area contributed by atoms with Gasteiger partial charge in [0.05, 0.1) is 20.9 Å². The van der Waals surface area contributed by atoms with Gasteiger partial charge in [0.2, 0.25) is 5.96 Å². The van der Waals surface area contributed by atoms with Gasteiger partial charge >= 0.3 is 0 Å². The highest BCUT2D eigenvalue weighted by Crippen LogP contribution is 2.22. The van der Waals surface area contributed by atoms with Crippen LogP contribution < -0.4 is 17.0 Å². The standard InChI is InChI=1S/C17H14N8O6/c18-17(19)23-22-13(15(26)8-1-3-9(4-2-8)24(28)29)14-16(27)21-12-7-10(25(30)31)5-6-11(12)20-14/h1-7,15,26H,(H,21,27)(H4,18,19,23)/b22-13+/t15-/m0/s1. The average Bonchev–Trinajstić information content (AvgIpc) is 2.73. The van der Waals surface area contributed by atoms with Crippen molar-refractivity contribution in [2.45, 2.75) is 6.10 Å². The van der Waals surface area contributed by atoms with E-state index in [9.17, 15) is 30.1 Å². The zero-order valence-electron chi connectivity index (χ0n) is 15.5. The summed E-state index contributed by atoms with van der Waals surface area (Å²) in [5.74, 6) is -0.457. The van der Waals surface area contributed by atoms with E-state index in [0.29, 0.717) is 0 Å². The SMILES string of the molecule is NC(N)=N/N=C(\c1nc2ccc([N+](=O)[O-])cc2[nH]c1=O)[C@@H](O)c1ccc([N+](=O)[O-])cc1. The van der Waals surface area contributed by atoms with Gasteiger partial charge in [0, 0.05) is 24.3 Å². The number of fused-ring (bicyclic) bond motifs is 1. The van der Waals surface area contributed by atoms with Crippen molar-refractivity contribution >= 4 is 34.1 Å². The first-order chi connectivity index (χ1) is 14.7. The van der Waals surface area contributed by atoms with Crippen LogP contribution in [0.1, 0.15) is 17.4 Å². The van der Waals surface area contributed by atoms with E-state index in [4.69, 9.17) is 11.5 Å². The summed E-state index contributed by atoms with van der Waals surface area (Å²) in [5.41, 5.74) is 9.00. The summed E-state index contributed by atoms with van der Waals surface area (Å²) in [6.07, 6.45) is -1.58. The van der Waals surface area contributed by atoms with Gasteiger partial charge in [0.25, 0.3) is 16.9 Å². The summed E-state index contributed by atoms with van der Waals surface area (Å²) in [6.45, 7) is 0. The number of aromatic amines is 1. The van der Waals surface area contributed by atoms with E-state index >= 15 is 0 Å². The van der Waals surface area contributed by atoms with Crippen molar-refractivity contribution in [1.29, 1.82) is 0 Å². The molecule has 0 aliphatic carbocycles. The van der Waals surface area contributed by atoms with Crippen molar-refractivity contribution < 1.29 is 15.0 Å². The largest absolute Gasteiger partial charge is 0.382 e. The first kappa shape index (κ1) is 21.0. The van der Waals surface area contributed by atoms with Crippen LogP contribution in [0.15, 0.2) is 57.5 Å². The zero-order chi connectivity index (χ0) is 22.7. The fraction of sp³-hybridized carbons (Fsp3) is 0.0588. The Morgan fingerprint density at radius 1 is 1.03 bits per heavy atom. The van der Waals surface area contributed by atoms with E-state index in [2.05, 4.69) is 20.2 Å². The van der Waals surface area contributed by atoms with Crippen molar-refractivity contribution in [1.82, 2.24) is 9.97 Å². The molecule has 158 valence electrons. The molecule has 3 aromatic rings. The molecule has 14 heteroatoms. The Hall–Kier alpha value is -4.72. The molecule has 0 bridgehead atoms. The van der Waals surface area contributed by atoms with Crippen molar-refractivity contribution in [3.05, 3.63) is 84.3 Å². The lowest BCUT2D eigenvalue weighted by Gasteiger charge is -2.13. The zero-order valence-corrected chi connectivity index (χ0v) is 15.5. The molecule has 1 atom stereocenters. The Morgan fingerprint density at radius 3 is 2.23 bits per heavy atom. The van der Waals surface area contributed by atoms with Gasteiger partial charge < -0.3 is 21.6 Å². The number of aromatic nitrogens is 2. The second-order valence-corrected chi connectivity index (χ2v) is 6.13. The minimum Gasteiger partial charge on any atom is -0.382 e. The number of nitrogens with zero attached hydrogens (tertiary/aromatic N) is 5. The molecule has 0 aliphatic heterocycles. The highest BCUT2D eigenvalue weighted by molar-refractivity contribution is 6.03. The maximum atomic E-state index is 12.6. The normalized spacial score (nSPS) is 12.4. The van der Waals surface area contributed by atoms with Crippen molar-refractivity contribution in [3.8, 4) is 0 Å². The van der Waals surface area contributed by atoms with Gasteiger partial charge in [-0.15, -0.1) is 10.2 Å². The number of aliphatic hydroxyl groups is 1. The summed E-state index contributed by atoms with van der Waals surface area (Å²) in [5, 5.41) is 39.7. The summed E-state index contributed by atoms with van der Waals surface area (Å²) < 4.78 is 0. The molecule has 0 amide bonds. The third-order valence-corrected chi connectivity index (χ3v) is 4.08. The number of hydrogen-bond acceptors (Lipinski definition) is 9. The molecular formula is C17H14N8O6. The predicted octanol–water partition coefficient (Wildman–Crippen LogP) is 0.451. The summed E-state index contributed by atoms with van der Waals surface area (Å²) in [6, 6.07) is 8.49. The molecule has 1 heterocycles. The van der Waals surface area contributed by atoms with Crippen LogP contribution in [0.3, 0.4) is 0 Å². The van der Waals surface area contributed by atoms with E-state index < -0.39 is 27.5 Å². The van der Waals surface area contributed by atoms with Gasteiger partial charge in [-0.05, 0) is 23.8 Å². The van der Waals surface area contributed by atoms with Crippen molar-refractivity contribution in [3.63, 3.8) is 0 Å². The summed E-state index contributed by atoms with van der Waals surface area (Å²) in [7, 11) is 0. The van der Waals surface area contributed by atoms with Gasteiger partial charge in [-0.1, -0.05) is 0 Å². The lowest BCUT2D eigenvalue weighted by Crippen LogP contribution is -2.26. The Morgan fingerprint density at radius 2 is 1.65 bits per heavy atom. The second kappa shape index (κ2) is 8.34. The third kappa shape index (κ3) is 4.48. The second-order valence-electron chi connectivity index (χ2n) is 6.13. The molecule has 0 saturated heterocycles. The summed E-state index contributed by atoms with van der Waals surface area (Å²) in [4.78, 5) is 39.7. The average molecular weight is 426 g/mol. The van der Waals surface area contributed by atoms with E-state index in [-0.39, 0.29) is 39.4 Å². The van der Waals surface area contributed by atoms with Crippen LogP contribution in [0.25, 0.3) is 11.0 Å². The molecule has 0 spiro atoms. The maximum Gasteiger partial charge on any atom is 0.276 e. The van der Waals surface area contributed by atoms with Crippen LogP contribution in [0, 0.1) is 20.2 Å². The maximum absolute atomic E-state index is 12.6. The molecule has 0 aliphatic rings. The van der Waals surface area contributed by atoms with Gasteiger partial charge in [0.15, 0.2) is 5.69 Å². The monoisotopic (exact) mass is 426 g/mol. The first-order valence-corrected chi connectivity index (χ1v) is 8.45. The number of aliphatic hydroxyl groups excluding tert-OH is 1. The molecule has 1 aromatic heterocycles. The van der Waals surface area contributed by atoms with Crippen LogP contribution in [-0.2, 0) is 0 Å². The number of nitrogens with one attached hydrogen (secondary N) is 1. The predicted molar refractivity (Wildman–Crippen MR) is 109 cm³/mol. The van der Waals surface area contributed by atoms with Gasteiger partial charge in [-0.25, -0.2) is 4.98 Å². The molecule has 2 aromatic carbocycles. The van der Waals surface area contributed by atoms with Crippen LogP contribution >= 0.6 is 0 Å². The molecule has 3 rings (SSSR count). The number of rotatable bonds is 6. The van der Waals surface area contributed by atoms with E-state index in [0.717, 1.165) is 18.2 Å². The van der Waals surface area contributed by atoms with Gasteiger partial charge in [0.1, 0.15) is 11.8 Å². The highest BCUT2D eigenvalue weighted by atomic mass is 16.6. The fourth-order valence-electron chi connectivity index (χ4n) is 2.64. The summed E-state index contributed by atoms with van der Waals surface area (Å²) >= 11 is 0. The smallest absolute Gasteiger partial charge is 0.276 e. The van der Waals surface area contributed by atoms with Gasteiger partial charge in [-0.3, -0.25) is 25.0 Å². The van der Waals surface area contributed by atoms with E-state index in [1.165, 1.54) is 24.3 Å².